The largest absolute Gasteiger partial charge is 0.355 e. The maximum atomic E-state index is 13.7. The number of nitrogens with one attached hydrogen (secondary N) is 2. The topological polar surface area (TPSA) is 99.3 Å². The number of rotatable bonds is 8. The van der Waals surface area contributed by atoms with Gasteiger partial charge in [0.1, 0.15) is 5.54 Å². The molecular weight excluding hydrogens is 430 g/mol. The first-order valence-corrected chi connectivity index (χ1v) is 11.2. The number of benzene rings is 2. The lowest BCUT2D eigenvalue weighted by Crippen LogP contribution is -2.51. The van der Waals surface area contributed by atoms with E-state index in [1.807, 2.05) is 60.7 Å². The van der Waals surface area contributed by atoms with E-state index in [9.17, 15) is 19.2 Å². The fourth-order valence-electron chi connectivity index (χ4n) is 4.79. The number of carbonyl (C=O) groups excluding carboxylic acids is 4. The molecule has 7 heteroatoms. The number of imide groups is 1. The third-order valence-corrected chi connectivity index (χ3v) is 6.31. The average Bonchev–Trinajstić information content (AvgIpc) is 3.22. The van der Waals surface area contributed by atoms with Crippen molar-refractivity contribution in [2.24, 2.45) is 0 Å². The third-order valence-electron chi connectivity index (χ3n) is 6.31. The summed E-state index contributed by atoms with van der Waals surface area (Å²) in [6.45, 7) is 4.44. The second-order valence-electron chi connectivity index (χ2n) is 8.83. The molecular formula is C27H27N3O4. The summed E-state index contributed by atoms with van der Waals surface area (Å²) in [4.78, 5) is 55.7. The van der Waals surface area contributed by atoms with Crippen molar-refractivity contribution in [1.82, 2.24) is 15.2 Å². The van der Waals surface area contributed by atoms with Gasteiger partial charge in [0.05, 0.1) is 12.2 Å². The number of amides is 3. The molecule has 3 aromatic rings. The Balaban J connectivity index is 1.64. The number of aromatic nitrogens is 1. The predicted molar refractivity (Wildman–Crippen MR) is 128 cm³/mol. The highest BCUT2D eigenvalue weighted by molar-refractivity contribution is 6.12. The molecule has 1 fully saturated rings. The highest BCUT2D eigenvalue weighted by Crippen LogP contribution is 2.28. The minimum atomic E-state index is -1.20. The number of ketones is 2. The molecule has 0 radical (unpaired) electrons. The van der Waals surface area contributed by atoms with Crippen LogP contribution in [0, 0.1) is 13.8 Å². The minimum Gasteiger partial charge on any atom is -0.355 e. The van der Waals surface area contributed by atoms with E-state index < -0.39 is 29.8 Å². The zero-order valence-electron chi connectivity index (χ0n) is 19.5. The first-order chi connectivity index (χ1) is 16.2. The molecule has 4 rings (SSSR count). The Kier molecular flexibility index (Phi) is 6.20. The van der Waals surface area contributed by atoms with Crippen LogP contribution in [0.5, 0.6) is 0 Å². The number of aromatic amines is 1. The number of carbonyl (C=O) groups is 4. The number of nitrogens with zero attached hydrogens (tertiary/aromatic N) is 1. The van der Waals surface area contributed by atoms with Crippen molar-refractivity contribution in [3.8, 4) is 0 Å². The van der Waals surface area contributed by atoms with Crippen molar-refractivity contribution in [2.45, 2.75) is 39.2 Å². The molecule has 2 aromatic carbocycles. The van der Waals surface area contributed by atoms with E-state index in [4.69, 9.17) is 0 Å². The highest BCUT2D eigenvalue weighted by atomic mass is 16.2. The van der Waals surface area contributed by atoms with Gasteiger partial charge in [-0.25, -0.2) is 4.79 Å². The Bertz CT molecular complexity index is 1220. The van der Waals surface area contributed by atoms with Crippen LogP contribution in [0.1, 0.15) is 50.2 Å². The van der Waals surface area contributed by atoms with Gasteiger partial charge in [-0.05, 0) is 37.5 Å². The van der Waals surface area contributed by atoms with E-state index >= 15 is 0 Å². The van der Waals surface area contributed by atoms with Crippen LogP contribution >= 0.6 is 0 Å². The molecule has 2 N–H and O–H groups in total. The van der Waals surface area contributed by atoms with Gasteiger partial charge in [0.25, 0.3) is 5.91 Å². The Hall–Kier alpha value is -4.00. The van der Waals surface area contributed by atoms with E-state index in [0.29, 0.717) is 29.7 Å². The Labute approximate surface area is 198 Å². The molecule has 1 saturated heterocycles. The lowest BCUT2D eigenvalue weighted by atomic mass is 9.84. The van der Waals surface area contributed by atoms with E-state index in [1.165, 1.54) is 6.92 Å². The van der Waals surface area contributed by atoms with Gasteiger partial charge in [0, 0.05) is 24.1 Å². The molecule has 0 saturated carbocycles. The fourth-order valence-corrected chi connectivity index (χ4v) is 4.79. The van der Waals surface area contributed by atoms with Gasteiger partial charge in [0.15, 0.2) is 11.6 Å². The summed E-state index contributed by atoms with van der Waals surface area (Å²) in [6.07, 6.45) is 0.597. The lowest BCUT2D eigenvalue weighted by molar-refractivity contribution is -0.131. The van der Waals surface area contributed by atoms with Crippen molar-refractivity contribution in [1.29, 1.82) is 0 Å². The molecule has 7 nitrogen and oxygen atoms in total. The summed E-state index contributed by atoms with van der Waals surface area (Å²) >= 11 is 0. The van der Waals surface area contributed by atoms with Crippen molar-refractivity contribution in [3.05, 3.63) is 94.3 Å². The average molecular weight is 458 g/mol. The van der Waals surface area contributed by atoms with Crippen LogP contribution in [0.3, 0.4) is 0 Å². The second kappa shape index (κ2) is 9.09. The minimum absolute atomic E-state index is 0.148. The summed E-state index contributed by atoms with van der Waals surface area (Å²) in [5, 5.41) is 2.89. The highest BCUT2D eigenvalue weighted by Gasteiger charge is 2.51. The van der Waals surface area contributed by atoms with Gasteiger partial charge in [-0.15, -0.1) is 0 Å². The van der Waals surface area contributed by atoms with E-state index in [1.54, 1.807) is 13.8 Å². The zero-order valence-corrected chi connectivity index (χ0v) is 19.5. The van der Waals surface area contributed by atoms with Crippen LogP contribution in [0.25, 0.3) is 0 Å². The molecule has 2 heterocycles. The van der Waals surface area contributed by atoms with Gasteiger partial charge < -0.3 is 10.3 Å². The van der Waals surface area contributed by atoms with Crippen LogP contribution in [0.2, 0.25) is 0 Å². The number of urea groups is 1. The number of Topliss-reactive ketones (excluding diaryl/α,β-unsaturated/α-hetero) is 2. The second-order valence-corrected chi connectivity index (χ2v) is 8.83. The van der Waals surface area contributed by atoms with Gasteiger partial charge in [0.2, 0.25) is 0 Å². The molecule has 1 aliphatic heterocycles. The van der Waals surface area contributed by atoms with Crippen molar-refractivity contribution in [2.75, 3.05) is 6.54 Å². The normalized spacial score (nSPS) is 14.9. The number of hydrogen-bond donors (Lipinski definition) is 2. The molecule has 1 aromatic heterocycles. The molecule has 3 amide bonds. The standard InChI is InChI=1S/C27H27N3O4/c1-17-23(19(3)31)18(2)28-24(17)22(32)16-30-25(33)27(29-26(30)34,14-20-10-6-4-7-11-20)15-21-12-8-5-9-13-21/h4-13,28H,14-16H2,1-3H3,(H,29,34). The van der Waals surface area contributed by atoms with E-state index in [2.05, 4.69) is 10.3 Å². The number of aryl methyl sites for hydroxylation is 1. The monoisotopic (exact) mass is 457 g/mol. The number of hydrogen-bond acceptors (Lipinski definition) is 4. The van der Waals surface area contributed by atoms with Gasteiger partial charge >= 0.3 is 6.03 Å². The summed E-state index contributed by atoms with van der Waals surface area (Å²) < 4.78 is 0. The Morgan fingerprint density at radius 2 is 1.41 bits per heavy atom. The summed E-state index contributed by atoms with van der Waals surface area (Å²) in [5.74, 6) is -1.01. The Morgan fingerprint density at radius 3 is 1.88 bits per heavy atom. The molecule has 174 valence electrons. The molecule has 0 aliphatic carbocycles. The van der Waals surface area contributed by atoms with Crippen LogP contribution in [-0.2, 0) is 17.6 Å². The quantitative estimate of drug-likeness (QED) is 0.397. The SMILES string of the molecule is CC(=O)c1c(C)[nH]c(C(=O)CN2C(=O)NC(Cc3ccccc3)(Cc3ccccc3)C2=O)c1C. The van der Waals surface area contributed by atoms with Gasteiger partial charge in [-0.2, -0.15) is 0 Å². The molecule has 0 spiro atoms. The third kappa shape index (κ3) is 4.29. The first kappa shape index (κ1) is 23.2. The van der Waals surface area contributed by atoms with E-state index in [0.717, 1.165) is 16.0 Å². The maximum absolute atomic E-state index is 13.7. The smallest absolute Gasteiger partial charge is 0.325 e. The predicted octanol–water partition coefficient (Wildman–Crippen LogP) is 3.79. The zero-order chi connectivity index (χ0) is 24.5. The fraction of sp³-hybridized carbons (Fsp3) is 0.259. The molecule has 34 heavy (non-hydrogen) atoms. The maximum Gasteiger partial charge on any atom is 0.325 e. The summed E-state index contributed by atoms with van der Waals surface area (Å²) in [7, 11) is 0. The number of H-pyrrole nitrogens is 1. The van der Waals surface area contributed by atoms with Crippen molar-refractivity contribution in [3.63, 3.8) is 0 Å². The first-order valence-electron chi connectivity index (χ1n) is 11.2. The van der Waals surface area contributed by atoms with Crippen LogP contribution < -0.4 is 5.32 Å². The van der Waals surface area contributed by atoms with Crippen molar-refractivity contribution >= 4 is 23.5 Å². The summed E-state index contributed by atoms with van der Waals surface area (Å²) in [5.41, 5.74) is 2.43. The van der Waals surface area contributed by atoms with E-state index in [-0.39, 0.29) is 11.5 Å². The molecule has 0 unspecified atom stereocenters. The van der Waals surface area contributed by atoms with Crippen LogP contribution in [-0.4, -0.2) is 45.5 Å². The van der Waals surface area contributed by atoms with Crippen LogP contribution in [0.15, 0.2) is 60.7 Å². The van der Waals surface area contributed by atoms with Crippen LogP contribution in [0.4, 0.5) is 4.79 Å². The summed E-state index contributed by atoms with van der Waals surface area (Å²) in [6, 6.07) is 18.4. The van der Waals surface area contributed by atoms with Gasteiger partial charge in [-0.3, -0.25) is 19.3 Å². The molecule has 0 bridgehead atoms. The molecule has 0 atom stereocenters. The molecule has 1 aliphatic rings. The lowest BCUT2D eigenvalue weighted by Gasteiger charge is -2.27. The van der Waals surface area contributed by atoms with Crippen molar-refractivity contribution < 1.29 is 19.2 Å². The Morgan fingerprint density at radius 1 is 0.882 bits per heavy atom. The van der Waals surface area contributed by atoms with Gasteiger partial charge in [-0.1, -0.05) is 60.7 Å².